The number of halogens is 2. The fourth-order valence-corrected chi connectivity index (χ4v) is 1.92. The highest BCUT2D eigenvalue weighted by atomic mass is 19.1. The van der Waals surface area contributed by atoms with E-state index in [0.29, 0.717) is 17.7 Å². The molecule has 2 nitrogen and oxygen atoms in total. The Kier molecular flexibility index (Phi) is 5.69. The van der Waals surface area contributed by atoms with Gasteiger partial charge in [0.05, 0.1) is 6.61 Å². The lowest BCUT2D eigenvalue weighted by molar-refractivity contribution is 0.159. The molecule has 2 unspecified atom stereocenters. The second-order valence-corrected chi connectivity index (χ2v) is 4.57. The molecule has 0 aliphatic heterocycles. The van der Waals surface area contributed by atoms with Gasteiger partial charge >= 0.3 is 0 Å². The molecule has 1 N–H and O–H groups in total. The first-order valence-corrected chi connectivity index (χ1v) is 6.20. The molecule has 0 saturated heterocycles. The summed E-state index contributed by atoms with van der Waals surface area (Å²) >= 11 is 0. The van der Waals surface area contributed by atoms with Gasteiger partial charge in [-0.15, -0.1) is 0 Å². The van der Waals surface area contributed by atoms with Crippen molar-refractivity contribution < 1.29 is 13.5 Å². The predicted octanol–water partition coefficient (Wildman–Crippen LogP) is 3.35. The van der Waals surface area contributed by atoms with Gasteiger partial charge < -0.3 is 10.1 Å². The summed E-state index contributed by atoms with van der Waals surface area (Å²) in [5.74, 6) is -0.749. The molecule has 0 aliphatic carbocycles. The fraction of sp³-hybridized carbons (Fsp3) is 0.571. The number of aryl methyl sites for hydroxylation is 1. The molecule has 0 amide bonds. The number of nitrogens with one attached hydrogen (secondary N) is 1. The van der Waals surface area contributed by atoms with Gasteiger partial charge in [0.15, 0.2) is 0 Å². The summed E-state index contributed by atoms with van der Waals surface area (Å²) in [7, 11) is 1.63. The van der Waals surface area contributed by atoms with Gasteiger partial charge in [0, 0.05) is 24.8 Å². The molecular formula is C14H21F2NO. The lowest BCUT2D eigenvalue weighted by Gasteiger charge is -2.22. The lowest BCUT2D eigenvalue weighted by atomic mass is 10.0. The Morgan fingerprint density at radius 1 is 1.28 bits per heavy atom. The van der Waals surface area contributed by atoms with Crippen LogP contribution in [0, 0.1) is 18.6 Å². The molecule has 0 bridgehead atoms. The minimum atomic E-state index is -0.375. The van der Waals surface area contributed by atoms with E-state index in [1.807, 2.05) is 13.8 Å². The van der Waals surface area contributed by atoms with Crippen LogP contribution in [0.2, 0.25) is 0 Å². The molecule has 0 spiro atoms. The van der Waals surface area contributed by atoms with Gasteiger partial charge in [0.2, 0.25) is 0 Å². The zero-order chi connectivity index (χ0) is 13.7. The molecule has 1 rings (SSSR count). The van der Waals surface area contributed by atoms with Gasteiger partial charge in [0.1, 0.15) is 11.6 Å². The number of hydrogen-bond donors (Lipinski definition) is 1. The summed E-state index contributed by atoms with van der Waals surface area (Å²) in [5, 5.41) is 3.24. The van der Waals surface area contributed by atoms with E-state index >= 15 is 0 Å². The summed E-state index contributed by atoms with van der Waals surface area (Å²) in [4.78, 5) is 0. The summed E-state index contributed by atoms with van der Waals surface area (Å²) in [5.41, 5.74) is 0.681. The van der Waals surface area contributed by atoms with E-state index in [4.69, 9.17) is 4.74 Å². The minimum Gasteiger partial charge on any atom is -0.383 e. The molecule has 18 heavy (non-hydrogen) atoms. The number of methoxy groups -OCH3 is 1. The molecule has 4 heteroatoms. The van der Waals surface area contributed by atoms with E-state index < -0.39 is 0 Å². The van der Waals surface area contributed by atoms with Crippen LogP contribution < -0.4 is 5.32 Å². The third-order valence-corrected chi connectivity index (χ3v) is 3.09. The third-order valence-electron chi connectivity index (χ3n) is 3.09. The van der Waals surface area contributed by atoms with Crippen molar-refractivity contribution in [3.63, 3.8) is 0 Å². The van der Waals surface area contributed by atoms with Gasteiger partial charge in [-0.1, -0.05) is 6.92 Å². The van der Waals surface area contributed by atoms with Crippen LogP contribution in [0.3, 0.4) is 0 Å². The molecule has 2 atom stereocenters. The number of hydrogen-bond acceptors (Lipinski definition) is 2. The Morgan fingerprint density at radius 3 is 2.50 bits per heavy atom. The molecule has 0 fully saturated rings. The van der Waals surface area contributed by atoms with Crippen molar-refractivity contribution in [2.24, 2.45) is 0 Å². The van der Waals surface area contributed by atoms with Gasteiger partial charge in [-0.05, 0) is 38.0 Å². The molecular weight excluding hydrogens is 236 g/mol. The highest BCUT2D eigenvalue weighted by Crippen LogP contribution is 2.21. The Hall–Kier alpha value is -1.00. The van der Waals surface area contributed by atoms with Crippen LogP contribution in [-0.2, 0) is 4.74 Å². The molecule has 1 aromatic rings. The lowest BCUT2D eigenvalue weighted by Crippen LogP contribution is -2.35. The monoisotopic (exact) mass is 257 g/mol. The van der Waals surface area contributed by atoms with Crippen molar-refractivity contribution in [3.8, 4) is 0 Å². The molecule has 1 aromatic carbocycles. The van der Waals surface area contributed by atoms with Gasteiger partial charge in [-0.2, -0.15) is 0 Å². The van der Waals surface area contributed by atoms with Crippen molar-refractivity contribution >= 4 is 0 Å². The van der Waals surface area contributed by atoms with Crippen molar-refractivity contribution in [3.05, 3.63) is 34.9 Å². The van der Waals surface area contributed by atoms with Crippen LogP contribution in [-0.4, -0.2) is 19.8 Å². The average Bonchev–Trinajstić information content (AvgIpc) is 2.33. The second-order valence-electron chi connectivity index (χ2n) is 4.57. The van der Waals surface area contributed by atoms with Crippen LogP contribution in [0.5, 0.6) is 0 Å². The van der Waals surface area contributed by atoms with Gasteiger partial charge in [0.25, 0.3) is 0 Å². The average molecular weight is 257 g/mol. The molecule has 0 saturated carbocycles. The zero-order valence-electron chi connectivity index (χ0n) is 11.4. The van der Waals surface area contributed by atoms with E-state index in [2.05, 4.69) is 5.32 Å². The smallest absolute Gasteiger partial charge is 0.128 e. The van der Waals surface area contributed by atoms with Crippen LogP contribution in [0.15, 0.2) is 12.1 Å². The van der Waals surface area contributed by atoms with Crippen molar-refractivity contribution in [1.82, 2.24) is 5.32 Å². The Balaban J connectivity index is 2.83. The Morgan fingerprint density at radius 2 is 1.94 bits per heavy atom. The SMILES string of the molecule is CCC(COC)NC(C)c1cc(F)c(C)cc1F. The first-order valence-electron chi connectivity index (χ1n) is 6.20. The first-order chi connectivity index (χ1) is 8.49. The molecule has 0 radical (unpaired) electrons. The van der Waals surface area contributed by atoms with Crippen LogP contribution >= 0.6 is 0 Å². The maximum atomic E-state index is 13.8. The quantitative estimate of drug-likeness (QED) is 0.844. The maximum Gasteiger partial charge on any atom is 0.128 e. The minimum absolute atomic E-state index is 0.133. The predicted molar refractivity (Wildman–Crippen MR) is 68.6 cm³/mol. The van der Waals surface area contributed by atoms with Crippen LogP contribution in [0.25, 0.3) is 0 Å². The number of benzene rings is 1. The molecule has 0 heterocycles. The standard InChI is InChI=1S/C14H21F2NO/c1-5-11(8-18-4)17-10(3)12-7-13(15)9(2)6-14(12)16/h6-7,10-11,17H,5,8H2,1-4H3. The topological polar surface area (TPSA) is 21.3 Å². The van der Waals surface area contributed by atoms with Crippen molar-refractivity contribution in [2.75, 3.05) is 13.7 Å². The largest absolute Gasteiger partial charge is 0.383 e. The Bertz CT molecular complexity index is 396. The van der Waals surface area contributed by atoms with Gasteiger partial charge in [-0.25, -0.2) is 8.78 Å². The van der Waals surface area contributed by atoms with E-state index in [-0.39, 0.29) is 23.7 Å². The second kappa shape index (κ2) is 6.81. The van der Waals surface area contributed by atoms with E-state index in [9.17, 15) is 8.78 Å². The van der Waals surface area contributed by atoms with E-state index in [0.717, 1.165) is 6.42 Å². The van der Waals surface area contributed by atoms with Crippen LogP contribution in [0.1, 0.15) is 37.4 Å². The van der Waals surface area contributed by atoms with Crippen molar-refractivity contribution in [2.45, 2.75) is 39.3 Å². The van der Waals surface area contributed by atoms with Crippen molar-refractivity contribution in [1.29, 1.82) is 0 Å². The van der Waals surface area contributed by atoms with Crippen LogP contribution in [0.4, 0.5) is 8.78 Å². The fourth-order valence-electron chi connectivity index (χ4n) is 1.92. The van der Waals surface area contributed by atoms with Gasteiger partial charge in [-0.3, -0.25) is 0 Å². The normalized spacial score (nSPS) is 14.6. The summed E-state index contributed by atoms with van der Waals surface area (Å²) in [6.45, 7) is 5.96. The highest BCUT2D eigenvalue weighted by molar-refractivity contribution is 5.27. The number of rotatable bonds is 6. The van der Waals surface area contributed by atoms with E-state index in [1.54, 1.807) is 14.0 Å². The first kappa shape index (κ1) is 15.1. The van der Waals surface area contributed by atoms with E-state index in [1.165, 1.54) is 12.1 Å². The summed E-state index contributed by atoms with van der Waals surface area (Å²) in [6.07, 6.45) is 0.869. The number of ether oxygens (including phenoxy) is 1. The zero-order valence-corrected chi connectivity index (χ0v) is 11.4. The molecule has 102 valence electrons. The highest BCUT2D eigenvalue weighted by Gasteiger charge is 2.16. The third kappa shape index (κ3) is 3.75. The summed E-state index contributed by atoms with van der Waals surface area (Å²) < 4.78 is 32.3. The Labute approximate surface area is 107 Å². The maximum absolute atomic E-state index is 13.8. The molecule has 0 aromatic heterocycles. The molecule has 0 aliphatic rings. The summed E-state index contributed by atoms with van der Waals surface area (Å²) in [6, 6.07) is 2.39.